The second kappa shape index (κ2) is 3.03. The molecule has 0 saturated carbocycles. The van der Waals surface area contributed by atoms with Gasteiger partial charge in [-0.05, 0) is 0 Å². The normalized spacial score (nSPS) is 25.6. The summed E-state index contributed by atoms with van der Waals surface area (Å²) in [5.74, 6) is 0. The van der Waals surface area contributed by atoms with E-state index in [4.69, 9.17) is 17.3 Å². The van der Waals surface area contributed by atoms with Crippen LogP contribution in [0.5, 0.6) is 0 Å². The highest BCUT2D eigenvalue weighted by Gasteiger charge is 2.12. The number of alkyl halides is 1. The van der Waals surface area contributed by atoms with Crippen molar-refractivity contribution in [1.29, 1.82) is 0 Å². The Labute approximate surface area is 59.5 Å². The van der Waals surface area contributed by atoms with Gasteiger partial charge in [-0.15, -0.1) is 11.6 Å². The molecule has 1 unspecified atom stereocenters. The van der Waals surface area contributed by atoms with Crippen LogP contribution in [0.3, 0.4) is 0 Å². The van der Waals surface area contributed by atoms with Crippen molar-refractivity contribution in [3.8, 4) is 0 Å². The molecule has 0 aromatic rings. The quantitative estimate of drug-likeness (QED) is 0.553. The van der Waals surface area contributed by atoms with E-state index in [0.717, 1.165) is 13.1 Å². The van der Waals surface area contributed by atoms with E-state index in [9.17, 15) is 0 Å². The van der Waals surface area contributed by atoms with Crippen LogP contribution < -0.4 is 5.73 Å². The highest BCUT2D eigenvalue weighted by Crippen LogP contribution is 2.04. The summed E-state index contributed by atoms with van der Waals surface area (Å²) in [5, 5.41) is 5.96. The van der Waals surface area contributed by atoms with E-state index < -0.39 is 0 Å². The fourth-order valence-electron chi connectivity index (χ4n) is 0.760. The van der Waals surface area contributed by atoms with Crippen molar-refractivity contribution < 1.29 is 0 Å². The van der Waals surface area contributed by atoms with Crippen LogP contribution in [-0.2, 0) is 0 Å². The van der Waals surface area contributed by atoms with Crippen LogP contribution in [0.4, 0.5) is 0 Å². The molecule has 1 atom stereocenters. The molecule has 0 aliphatic carbocycles. The molecule has 1 rings (SSSR count). The van der Waals surface area contributed by atoms with E-state index in [1.165, 1.54) is 0 Å². The first-order valence-electron chi connectivity index (χ1n) is 2.96. The third-order valence-corrected chi connectivity index (χ3v) is 1.41. The summed E-state index contributed by atoms with van der Waals surface area (Å²) < 4.78 is 0. The average Bonchev–Trinajstić information content (AvgIpc) is 2.17. The van der Waals surface area contributed by atoms with Crippen LogP contribution in [0.1, 0.15) is 0 Å². The van der Waals surface area contributed by atoms with Crippen LogP contribution in [0.25, 0.3) is 0 Å². The molecule has 0 saturated heterocycles. The number of hydrazone groups is 1. The van der Waals surface area contributed by atoms with Crippen molar-refractivity contribution >= 4 is 17.8 Å². The summed E-state index contributed by atoms with van der Waals surface area (Å²) in [6.45, 7) is 2.25. The molecule has 0 spiro atoms. The van der Waals surface area contributed by atoms with Gasteiger partial charge in [0.05, 0.1) is 11.9 Å². The topological polar surface area (TPSA) is 41.6 Å². The zero-order valence-electron chi connectivity index (χ0n) is 5.13. The fraction of sp³-hybridized carbons (Fsp3) is 0.800. The van der Waals surface area contributed by atoms with E-state index in [0.29, 0.717) is 6.54 Å². The van der Waals surface area contributed by atoms with Gasteiger partial charge in [-0.3, -0.25) is 5.01 Å². The van der Waals surface area contributed by atoms with Crippen molar-refractivity contribution in [3.63, 3.8) is 0 Å². The maximum absolute atomic E-state index is 5.71. The van der Waals surface area contributed by atoms with Gasteiger partial charge in [-0.1, -0.05) is 0 Å². The molecule has 52 valence electrons. The Morgan fingerprint density at radius 2 is 2.67 bits per heavy atom. The first-order chi connectivity index (χ1) is 4.33. The SMILES string of the molecule is NCCN1CC(Cl)C=N1. The van der Waals surface area contributed by atoms with E-state index >= 15 is 0 Å². The summed E-state index contributed by atoms with van der Waals surface area (Å²) >= 11 is 5.71. The predicted molar refractivity (Wildman–Crippen MR) is 38.8 cm³/mol. The van der Waals surface area contributed by atoms with Crippen molar-refractivity contribution in [2.75, 3.05) is 19.6 Å². The largest absolute Gasteiger partial charge is 0.329 e. The zero-order valence-corrected chi connectivity index (χ0v) is 5.88. The molecule has 0 fully saturated rings. The van der Waals surface area contributed by atoms with Crippen LogP contribution in [0, 0.1) is 0 Å². The maximum atomic E-state index is 5.71. The molecule has 9 heavy (non-hydrogen) atoms. The molecule has 0 aromatic carbocycles. The van der Waals surface area contributed by atoms with Gasteiger partial charge in [0.25, 0.3) is 0 Å². The van der Waals surface area contributed by atoms with Gasteiger partial charge >= 0.3 is 0 Å². The van der Waals surface area contributed by atoms with Crippen LogP contribution >= 0.6 is 11.6 Å². The predicted octanol–water partition coefficient (Wildman–Crippen LogP) is -0.146. The first-order valence-corrected chi connectivity index (χ1v) is 3.40. The minimum absolute atomic E-state index is 0.0801. The second-order valence-electron chi connectivity index (χ2n) is 1.98. The molecule has 4 heteroatoms. The lowest BCUT2D eigenvalue weighted by molar-refractivity contribution is 0.329. The Morgan fingerprint density at radius 3 is 3.11 bits per heavy atom. The maximum Gasteiger partial charge on any atom is 0.0896 e. The summed E-state index contributed by atoms with van der Waals surface area (Å²) in [6.07, 6.45) is 1.73. The minimum Gasteiger partial charge on any atom is -0.329 e. The van der Waals surface area contributed by atoms with Crippen molar-refractivity contribution in [1.82, 2.24) is 5.01 Å². The van der Waals surface area contributed by atoms with Gasteiger partial charge in [-0.2, -0.15) is 5.10 Å². The lowest BCUT2D eigenvalue weighted by Crippen LogP contribution is -2.24. The molecule has 0 amide bonds. The Balaban J connectivity index is 2.24. The molecule has 0 aromatic heterocycles. The van der Waals surface area contributed by atoms with E-state index in [1.807, 2.05) is 5.01 Å². The summed E-state index contributed by atoms with van der Waals surface area (Å²) in [7, 11) is 0. The summed E-state index contributed by atoms with van der Waals surface area (Å²) in [6, 6.07) is 0. The number of nitrogens with zero attached hydrogens (tertiary/aromatic N) is 2. The van der Waals surface area contributed by atoms with Gasteiger partial charge < -0.3 is 5.73 Å². The number of rotatable bonds is 2. The smallest absolute Gasteiger partial charge is 0.0896 e. The summed E-state index contributed by atoms with van der Waals surface area (Å²) in [4.78, 5) is 0. The zero-order chi connectivity index (χ0) is 6.69. The van der Waals surface area contributed by atoms with Crippen LogP contribution in [-0.4, -0.2) is 36.2 Å². The minimum atomic E-state index is 0.0801. The van der Waals surface area contributed by atoms with Crippen molar-refractivity contribution in [3.05, 3.63) is 0 Å². The first kappa shape index (κ1) is 6.83. The third-order valence-electron chi connectivity index (χ3n) is 1.16. The summed E-state index contributed by atoms with van der Waals surface area (Å²) in [5.41, 5.74) is 5.30. The van der Waals surface area contributed by atoms with Gasteiger partial charge in [0.1, 0.15) is 0 Å². The lowest BCUT2D eigenvalue weighted by Gasteiger charge is -2.11. The Hall–Kier alpha value is -0.280. The lowest BCUT2D eigenvalue weighted by atomic mass is 10.4. The van der Waals surface area contributed by atoms with Gasteiger partial charge in [0, 0.05) is 19.3 Å². The van der Waals surface area contributed by atoms with Crippen molar-refractivity contribution in [2.24, 2.45) is 10.8 Å². The Bertz CT molecular complexity index is 115. The highest BCUT2D eigenvalue weighted by molar-refractivity contribution is 6.28. The van der Waals surface area contributed by atoms with Gasteiger partial charge in [-0.25, -0.2) is 0 Å². The number of halogens is 1. The molecule has 1 heterocycles. The highest BCUT2D eigenvalue weighted by atomic mass is 35.5. The van der Waals surface area contributed by atoms with Crippen LogP contribution in [0.2, 0.25) is 0 Å². The van der Waals surface area contributed by atoms with Gasteiger partial charge in [0.2, 0.25) is 0 Å². The number of nitrogens with two attached hydrogens (primary N) is 1. The van der Waals surface area contributed by atoms with Gasteiger partial charge in [0.15, 0.2) is 0 Å². The molecule has 1 aliphatic heterocycles. The molecule has 2 N–H and O–H groups in total. The Kier molecular flexibility index (Phi) is 2.30. The molecule has 3 nitrogen and oxygen atoms in total. The van der Waals surface area contributed by atoms with E-state index in [-0.39, 0.29) is 5.38 Å². The standard InChI is InChI=1S/C5H10ClN3/c6-5-3-8-9(4-5)2-1-7/h3,5H,1-2,4,7H2. The van der Waals surface area contributed by atoms with Crippen LogP contribution in [0.15, 0.2) is 5.10 Å². The van der Waals surface area contributed by atoms with Crippen molar-refractivity contribution in [2.45, 2.75) is 5.38 Å². The molecular weight excluding hydrogens is 138 g/mol. The molecule has 0 bridgehead atoms. The number of hydrogen-bond acceptors (Lipinski definition) is 3. The Morgan fingerprint density at radius 1 is 1.89 bits per heavy atom. The molecule has 1 aliphatic rings. The molecular formula is C5H10ClN3. The third kappa shape index (κ3) is 1.84. The average molecular weight is 148 g/mol. The fourth-order valence-corrected chi connectivity index (χ4v) is 0.970. The molecule has 0 radical (unpaired) electrons. The van der Waals surface area contributed by atoms with E-state index in [2.05, 4.69) is 5.10 Å². The van der Waals surface area contributed by atoms with E-state index in [1.54, 1.807) is 6.21 Å². The second-order valence-corrected chi connectivity index (χ2v) is 2.54. The monoisotopic (exact) mass is 147 g/mol. The number of hydrogen-bond donors (Lipinski definition) is 1.